The normalized spacial score (nSPS) is 18.8. The van der Waals surface area contributed by atoms with Crippen LogP contribution in [0.4, 0.5) is 0 Å². The zero-order chi connectivity index (χ0) is 22.3. The van der Waals surface area contributed by atoms with E-state index in [0.717, 1.165) is 12.8 Å². The number of hydrogen-bond donors (Lipinski definition) is 0. The summed E-state index contributed by atoms with van der Waals surface area (Å²) in [6.45, 7) is 1.38. The molecule has 1 atom stereocenters. The maximum Gasteiger partial charge on any atom is 0.183 e. The molecular weight excluding hydrogens is 430 g/mol. The van der Waals surface area contributed by atoms with Crippen molar-refractivity contribution >= 4 is 26.5 Å². The average molecular weight is 458 g/mol. The lowest BCUT2D eigenvalue weighted by molar-refractivity contribution is -0.122. The first-order chi connectivity index (χ1) is 15.4. The number of ketones is 1. The van der Waals surface area contributed by atoms with Gasteiger partial charge < -0.3 is 4.74 Å². The highest BCUT2D eigenvalue weighted by Gasteiger charge is 2.38. The number of sulfone groups is 1. The largest absolute Gasteiger partial charge is 0.381 e. The van der Waals surface area contributed by atoms with E-state index >= 15 is 0 Å². The highest BCUT2D eigenvalue weighted by molar-refractivity contribution is 7.92. The Bertz CT molecular complexity index is 1240. The Morgan fingerprint density at radius 3 is 2.66 bits per heavy atom. The number of Topliss-reactive ketones (excluding diaryl/α,β-unsaturated/α-hetero) is 1. The summed E-state index contributed by atoms with van der Waals surface area (Å²) in [6, 6.07) is 1.32. The topological polar surface area (TPSA) is 109 Å². The standard InChI is InChI=1S/C22H27N5O4S/c1-26-7-4-16(25-26)11-21(28)19(10-15-5-8-31-9-6-15)27-20-13-23-14-22(18(20)12-24-27)32(29,30)17-2-3-17/h4,7,12-15,17,19H,2-3,5-6,8-11H2,1H3/t19-/m0/s1. The second-order valence-corrected chi connectivity index (χ2v) is 11.0. The van der Waals surface area contributed by atoms with E-state index in [2.05, 4.69) is 15.2 Å². The Morgan fingerprint density at radius 2 is 1.97 bits per heavy atom. The van der Waals surface area contributed by atoms with Gasteiger partial charge in [-0.1, -0.05) is 0 Å². The molecule has 0 aromatic carbocycles. The molecule has 10 heteroatoms. The molecule has 0 radical (unpaired) electrons. The van der Waals surface area contributed by atoms with Crippen molar-refractivity contribution in [2.24, 2.45) is 13.0 Å². The van der Waals surface area contributed by atoms with Gasteiger partial charge in [0.2, 0.25) is 0 Å². The summed E-state index contributed by atoms with van der Waals surface area (Å²) in [7, 11) is -1.61. The van der Waals surface area contributed by atoms with Gasteiger partial charge in [0, 0.05) is 38.0 Å². The molecule has 0 amide bonds. The number of carbonyl (C=O) groups excluding carboxylic acids is 1. The van der Waals surface area contributed by atoms with Crippen LogP contribution in [0.1, 0.15) is 43.8 Å². The highest BCUT2D eigenvalue weighted by atomic mass is 32.2. The monoisotopic (exact) mass is 457 g/mol. The van der Waals surface area contributed by atoms with E-state index in [4.69, 9.17) is 4.74 Å². The quantitative estimate of drug-likeness (QED) is 0.510. The van der Waals surface area contributed by atoms with Crippen molar-refractivity contribution in [3.63, 3.8) is 0 Å². The maximum absolute atomic E-state index is 13.5. The predicted octanol–water partition coefficient (Wildman–Crippen LogP) is 2.27. The van der Waals surface area contributed by atoms with Gasteiger partial charge in [-0.2, -0.15) is 10.2 Å². The molecule has 2 fully saturated rings. The minimum absolute atomic E-state index is 0.00986. The first-order valence-electron chi connectivity index (χ1n) is 11.1. The van der Waals surface area contributed by atoms with Gasteiger partial charge in [-0.25, -0.2) is 8.42 Å². The lowest BCUT2D eigenvalue weighted by Crippen LogP contribution is -2.27. The molecule has 0 spiro atoms. The third kappa shape index (κ3) is 4.09. The number of aromatic nitrogens is 5. The molecule has 1 aliphatic heterocycles. The number of hydrogen-bond acceptors (Lipinski definition) is 7. The van der Waals surface area contributed by atoms with Gasteiger partial charge in [-0.3, -0.25) is 19.1 Å². The summed E-state index contributed by atoms with van der Waals surface area (Å²) >= 11 is 0. The minimum Gasteiger partial charge on any atom is -0.381 e. The van der Waals surface area contributed by atoms with Crippen LogP contribution < -0.4 is 0 Å². The van der Waals surface area contributed by atoms with Gasteiger partial charge in [-0.05, 0) is 44.1 Å². The summed E-state index contributed by atoms with van der Waals surface area (Å²) in [4.78, 5) is 17.9. The molecule has 1 saturated heterocycles. The minimum atomic E-state index is -3.43. The Balaban J connectivity index is 1.52. The van der Waals surface area contributed by atoms with Crippen molar-refractivity contribution < 1.29 is 17.9 Å². The molecule has 1 aliphatic carbocycles. The first kappa shape index (κ1) is 21.3. The second kappa shape index (κ2) is 8.40. The summed E-state index contributed by atoms with van der Waals surface area (Å²) in [5, 5.41) is 9.07. The third-order valence-electron chi connectivity index (χ3n) is 6.45. The van der Waals surface area contributed by atoms with Crippen molar-refractivity contribution in [3.8, 4) is 0 Å². The predicted molar refractivity (Wildman–Crippen MR) is 117 cm³/mol. The second-order valence-electron chi connectivity index (χ2n) is 8.84. The van der Waals surface area contributed by atoms with Gasteiger partial charge in [0.15, 0.2) is 15.6 Å². The van der Waals surface area contributed by atoms with Crippen LogP contribution in [0.15, 0.2) is 35.7 Å². The smallest absolute Gasteiger partial charge is 0.183 e. The van der Waals surface area contributed by atoms with Crippen LogP contribution in [0, 0.1) is 5.92 Å². The number of fused-ring (bicyclic) bond motifs is 1. The molecule has 32 heavy (non-hydrogen) atoms. The van der Waals surface area contributed by atoms with Crippen LogP contribution in [0.2, 0.25) is 0 Å². The summed E-state index contributed by atoms with van der Waals surface area (Å²) < 4.78 is 34.7. The molecule has 0 bridgehead atoms. The van der Waals surface area contributed by atoms with E-state index in [0.29, 0.717) is 55.0 Å². The van der Waals surface area contributed by atoms with Gasteiger partial charge in [0.05, 0.1) is 40.2 Å². The Labute approximate surface area is 186 Å². The lowest BCUT2D eigenvalue weighted by Gasteiger charge is -2.26. The van der Waals surface area contributed by atoms with E-state index in [1.807, 2.05) is 19.3 Å². The fraction of sp³-hybridized carbons (Fsp3) is 0.545. The number of rotatable bonds is 8. The van der Waals surface area contributed by atoms with Crippen molar-refractivity contribution in [1.82, 2.24) is 24.5 Å². The van der Waals surface area contributed by atoms with Crippen LogP contribution >= 0.6 is 0 Å². The molecule has 4 heterocycles. The zero-order valence-corrected chi connectivity index (χ0v) is 18.9. The summed E-state index contributed by atoms with van der Waals surface area (Å²) in [6.07, 6.45) is 10.4. The summed E-state index contributed by atoms with van der Waals surface area (Å²) in [5.74, 6) is 0.350. The molecule has 0 unspecified atom stereocenters. The zero-order valence-electron chi connectivity index (χ0n) is 18.1. The third-order valence-corrected chi connectivity index (χ3v) is 8.73. The highest BCUT2D eigenvalue weighted by Crippen LogP contribution is 2.37. The van der Waals surface area contributed by atoms with E-state index < -0.39 is 15.9 Å². The number of ether oxygens (including phenoxy) is 1. The van der Waals surface area contributed by atoms with Gasteiger partial charge in [-0.15, -0.1) is 0 Å². The molecule has 9 nitrogen and oxygen atoms in total. The Morgan fingerprint density at radius 1 is 1.19 bits per heavy atom. The number of pyridine rings is 1. The van der Waals surface area contributed by atoms with Crippen molar-refractivity contribution in [2.45, 2.75) is 54.7 Å². The van der Waals surface area contributed by atoms with Gasteiger partial charge in [0.25, 0.3) is 0 Å². The van der Waals surface area contributed by atoms with Crippen LogP contribution in [0.5, 0.6) is 0 Å². The molecule has 5 rings (SSSR count). The molecule has 3 aromatic heterocycles. The first-order valence-corrected chi connectivity index (χ1v) is 12.6. The number of nitrogens with zero attached hydrogens (tertiary/aromatic N) is 5. The van der Waals surface area contributed by atoms with E-state index in [-0.39, 0.29) is 22.3 Å². The van der Waals surface area contributed by atoms with E-state index in [9.17, 15) is 13.2 Å². The van der Waals surface area contributed by atoms with Crippen LogP contribution in [-0.4, -0.2) is 57.2 Å². The molecular formula is C22H27N5O4S. The summed E-state index contributed by atoms with van der Waals surface area (Å²) in [5.41, 5.74) is 1.29. The Hall–Kier alpha value is -2.59. The lowest BCUT2D eigenvalue weighted by atomic mass is 9.90. The fourth-order valence-electron chi connectivity index (χ4n) is 4.49. The van der Waals surface area contributed by atoms with Crippen LogP contribution in [-0.2, 0) is 32.8 Å². The molecule has 170 valence electrons. The van der Waals surface area contributed by atoms with Crippen molar-refractivity contribution in [3.05, 3.63) is 36.5 Å². The average Bonchev–Trinajstić information content (AvgIpc) is 3.46. The maximum atomic E-state index is 13.5. The van der Waals surface area contributed by atoms with Crippen molar-refractivity contribution in [1.29, 1.82) is 0 Å². The number of carbonyl (C=O) groups is 1. The van der Waals surface area contributed by atoms with Gasteiger partial charge >= 0.3 is 0 Å². The van der Waals surface area contributed by atoms with Crippen LogP contribution in [0.25, 0.3) is 10.9 Å². The van der Waals surface area contributed by atoms with E-state index in [1.165, 1.54) is 6.20 Å². The molecule has 3 aromatic rings. The van der Waals surface area contributed by atoms with Crippen LogP contribution in [0.3, 0.4) is 0 Å². The van der Waals surface area contributed by atoms with Crippen molar-refractivity contribution in [2.75, 3.05) is 13.2 Å². The molecule has 2 aliphatic rings. The number of aryl methyl sites for hydroxylation is 1. The Kier molecular flexibility index (Phi) is 5.58. The molecule has 1 saturated carbocycles. The van der Waals surface area contributed by atoms with E-state index in [1.54, 1.807) is 21.8 Å². The SMILES string of the molecule is Cn1ccc(CC(=O)[C@H](CC2CCOCC2)n2ncc3c(S(=O)(=O)C4CC4)cncc32)n1. The molecule has 0 N–H and O–H groups in total. The fourth-order valence-corrected chi connectivity index (χ4v) is 6.28. The van der Waals surface area contributed by atoms with Gasteiger partial charge in [0.1, 0.15) is 6.04 Å².